The van der Waals surface area contributed by atoms with E-state index in [1.54, 1.807) is 24.3 Å². The van der Waals surface area contributed by atoms with Crippen molar-refractivity contribution >= 4 is 5.78 Å². The van der Waals surface area contributed by atoms with Crippen LogP contribution in [0.2, 0.25) is 0 Å². The van der Waals surface area contributed by atoms with Crippen molar-refractivity contribution in [2.75, 3.05) is 0 Å². The molecule has 0 bridgehead atoms. The first-order chi connectivity index (χ1) is 7.66. The molecule has 0 saturated heterocycles. The monoisotopic (exact) mass is 213 g/mol. The van der Waals surface area contributed by atoms with Crippen molar-refractivity contribution in [3.63, 3.8) is 0 Å². The Kier molecular flexibility index (Phi) is 2.82. The van der Waals surface area contributed by atoms with E-state index in [1.165, 1.54) is 24.3 Å². The molecule has 0 aliphatic rings. The molecule has 79 valence electrons. The van der Waals surface area contributed by atoms with E-state index in [2.05, 4.69) is 6.92 Å². The quantitative estimate of drug-likeness (QED) is 0.700. The number of hydrogen-bond donors (Lipinski definition) is 0. The van der Waals surface area contributed by atoms with E-state index >= 15 is 0 Å². The summed E-state index contributed by atoms with van der Waals surface area (Å²) in [6, 6.07) is 12.5. The van der Waals surface area contributed by atoms with Gasteiger partial charge in [0.15, 0.2) is 5.78 Å². The van der Waals surface area contributed by atoms with Gasteiger partial charge in [0, 0.05) is 11.1 Å². The second-order valence-corrected chi connectivity index (χ2v) is 3.53. The minimum atomic E-state index is -0.343. The van der Waals surface area contributed by atoms with E-state index < -0.39 is 0 Å². The van der Waals surface area contributed by atoms with Crippen molar-refractivity contribution in [1.82, 2.24) is 0 Å². The highest BCUT2D eigenvalue weighted by Crippen LogP contribution is 2.11. The molecule has 0 aromatic heterocycles. The Morgan fingerprint density at radius 1 is 0.875 bits per heavy atom. The molecular weight excluding hydrogens is 203 g/mol. The van der Waals surface area contributed by atoms with Crippen molar-refractivity contribution < 1.29 is 9.18 Å². The third-order valence-corrected chi connectivity index (χ3v) is 2.32. The molecule has 0 saturated carbocycles. The molecule has 0 N–H and O–H groups in total. The van der Waals surface area contributed by atoms with Crippen LogP contribution in [0.25, 0.3) is 0 Å². The average Bonchev–Trinajstić information content (AvgIpc) is 2.30. The summed E-state index contributed by atoms with van der Waals surface area (Å²) in [5, 5.41) is 0. The van der Waals surface area contributed by atoms with Gasteiger partial charge in [0.1, 0.15) is 5.82 Å². The van der Waals surface area contributed by atoms with Gasteiger partial charge in [-0.3, -0.25) is 4.79 Å². The zero-order valence-electron chi connectivity index (χ0n) is 8.61. The van der Waals surface area contributed by atoms with Crippen LogP contribution in [-0.2, 0) is 0 Å². The summed E-state index contributed by atoms with van der Waals surface area (Å²) in [7, 11) is 0. The maximum atomic E-state index is 12.7. The maximum Gasteiger partial charge on any atom is 0.193 e. The molecule has 2 aromatic rings. The molecule has 0 aliphatic carbocycles. The molecular formula is C14H10FO. The third kappa shape index (κ3) is 2.16. The van der Waals surface area contributed by atoms with Gasteiger partial charge in [-0.25, -0.2) is 4.39 Å². The van der Waals surface area contributed by atoms with E-state index in [1.807, 2.05) is 0 Å². The molecule has 0 fully saturated rings. The topological polar surface area (TPSA) is 17.1 Å². The average molecular weight is 213 g/mol. The van der Waals surface area contributed by atoms with Crippen LogP contribution in [0.4, 0.5) is 4.39 Å². The van der Waals surface area contributed by atoms with Crippen LogP contribution < -0.4 is 0 Å². The van der Waals surface area contributed by atoms with Crippen LogP contribution in [0, 0.1) is 12.7 Å². The zero-order valence-corrected chi connectivity index (χ0v) is 8.61. The fourth-order valence-electron chi connectivity index (χ4n) is 1.42. The molecule has 0 unspecified atom stereocenters. The lowest BCUT2D eigenvalue weighted by atomic mass is 10.0. The number of hydrogen-bond acceptors (Lipinski definition) is 1. The van der Waals surface area contributed by atoms with Crippen molar-refractivity contribution in [3.8, 4) is 0 Å². The summed E-state index contributed by atoms with van der Waals surface area (Å²) in [5.74, 6) is -0.454. The minimum absolute atomic E-state index is 0.111. The first-order valence-corrected chi connectivity index (χ1v) is 4.89. The van der Waals surface area contributed by atoms with Crippen LogP contribution >= 0.6 is 0 Å². The lowest BCUT2D eigenvalue weighted by molar-refractivity contribution is 0.103. The highest BCUT2D eigenvalue weighted by atomic mass is 19.1. The predicted molar refractivity (Wildman–Crippen MR) is 60.7 cm³/mol. The van der Waals surface area contributed by atoms with Crippen LogP contribution in [0.5, 0.6) is 0 Å². The molecule has 0 aliphatic heterocycles. The Balaban J connectivity index is 2.32. The van der Waals surface area contributed by atoms with Gasteiger partial charge in [-0.2, -0.15) is 0 Å². The van der Waals surface area contributed by atoms with Gasteiger partial charge in [0.2, 0.25) is 0 Å². The molecule has 0 atom stereocenters. The lowest BCUT2D eigenvalue weighted by Crippen LogP contribution is -2.00. The third-order valence-electron chi connectivity index (χ3n) is 2.32. The summed E-state index contributed by atoms with van der Waals surface area (Å²) in [5.41, 5.74) is 1.92. The Morgan fingerprint density at radius 2 is 1.31 bits per heavy atom. The van der Waals surface area contributed by atoms with Gasteiger partial charge in [-0.15, -0.1) is 0 Å². The fourth-order valence-corrected chi connectivity index (χ4v) is 1.42. The minimum Gasteiger partial charge on any atom is -0.289 e. The van der Waals surface area contributed by atoms with Crippen molar-refractivity contribution in [2.24, 2.45) is 0 Å². The summed E-state index contributed by atoms with van der Waals surface area (Å²) < 4.78 is 12.7. The largest absolute Gasteiger partial charge is 0.289 e. The highest BCUT2D eigenvalue weighted by Gasteiger charge is 2.08. The summed E-state index contributed by atoms with van der Waals surface area (Å²) >= 11 is 0. The smallest absolute Gasteiger partial charge is 0.193 e. The van der Waals surface area contributed by atoms with Crippen LogP contribution in [-0.4, -0.2) is 5.78 Å². The second kappa shape index (κ2) is 4.27. The summed E-state index contributed by atoms with van der Waals surface area (Å²) in [6.45, 7) is 3.74. The van der Waals surface area contributed by atoms with E-state index in [-0.39, 0.29) is 11.6 Å². The zero-order chi connectivity index (χ0) is 11.5. The molecule has 2 heteroatoms. The Labute approximate surface area is 93.5 Å². The molecule has 1 radical (unpaired) electrons. The number of carbonyl (C=O) groups is 1. The maximum absolute atomic E-state index is 12.7. The fraction of sp³-hybridized carbons (Fsp3) is 0. The molecule has 16 heavy (non-hydrogen) atoms. The SMILES string of the molecule is [CH2]c1ccc(C(=O)c2ccc(F)cc2)cc1. The number of rotatable bonds is 2. The molecule has 2 aromatic carbocycles. The van der Waals surface area contributed by atoms with Crippen molar-refractivity contribution in [3.05, 3.63) is 78.0 Å². The van der Waals surface area contributed by atoms with Crippen molar-refractivity contribution in [1.29, 1.82) is 0 Å². The molecule has 0 spiro atoms. The highest BCUT2D eigenvalue weighted by molar-refractivity contribution is 6.08. The summed E-state index contributed by atoms with van der Waals surface area (Å²) in [6.07, 6.45) is 0. The number of ketones is 1. The number of benzene rings is 2. The van der Waals surface area contributed by atoms with Gasteiger partial charge in [0.05, 0.1) is 0 Å². The van der Waals surface area contributed by atoms with Crippen molar-refractivity contribution in [2.45, 2.75) is 0 Å². The van der Waals surface area contributed by atoms with Gasteiger partial charge >= 0.3 is 0 Å². The lowest BCUT2D eigenvalue weighted by Gasteiger charge is -2.01. The standard InChI is InChI=1S/C14H10FO/c1-10-2-4-11(5-3-10)14(16)12-6-8-13(15)9-7-12/h2-9H,1H2. The van der Waals surface area contributed by atoms with Crippen LogP contribution in [0.15, 0.2) is 48.5 Å². The first-order valence-electron chi connectivity index (χ1n) is 4.89. The first kappa shape index (κ1) is 10.6. The van der Waals surface area contributed by atoms with Gasteiger partial charge in [0.25, 0.3) is 0 Å². The number of halogens is 1. The van der Waals surface area contributed by atoms with Gasteiger partial charge in [-0.05, 0) is 36.8 Å². The van der Waals surface area contributed by atoms with Crippen LogP contribution in [0.3, 0.4) is 0 Å². The van der Waals surface area contributed by atoms with E-state index in [4.69, 9.17) is 0 Å². The Morgan fingerprint density at radius 3 is 1.81 bits per heavy atom. The molecule has 1 nitrogen and oxygen atoms in total. The van der Waals surface area contributed by atoms with E-state index in [9.17, 15) is 9.18 Å². The van der Waals surface area contributed by atoms with E-state index in [0.717, 1.165) is 5.56 Å². The van der Waals surface area contributed by atoms with E-state index in [0.29, 0.717) is 11.1 Å². The Bertz CT molecular complexity index is 450. The predicted octanol–water partition coefficient (Wildman–Crippen LogP) is 3.24. The van der Waals surface area contributed by atoms with Gasteiger partial charge in [-0.1, -0.05) is 24.3 Å². The second-order valence-electron chi connectivity index (χ2n) is 3.53. The summed E-state index contributed by atoms with van der Waals surface area (Å²) in [4.78, 5) is 11.9. The number of carbonyl (C=O) groups excluding carboxylic acids is 1. The Hall–Kier alpha value is -1.96. The van der Waals surface area contributed by atoms with Gasteiger partial charge < -0.3 is 0 Å². The normalized spacial score (nSPS) is 10.1. The molecule has 2 rings (SSSR count). The molecule has 0 heterocycles. The molecule has 0 amide bonds. The van der Waals surface area contributed by atoms with Crippen LogP contribution in [0.1, 0.15) is 21.5 Å².